The highest BCUT2D eigenvalue weighted by Crippen LogP contribution is 2.17. The zero-order valence-electron chi connectivity index (χ0n) is 13.1. The largest absolute Gasteiger partial charge is 0.402 e. The molecular formula is C16H23N3O2. The van der Waals surface area contributed by atoms with E-state index in [2.05, 4.69) is 0 Å². The minimum atomic E-state index is -0.351. The monoisotopic (exact) mass is 289 g/mol. The molecule has 114 valence electrons. The third kappa shape index (κ3) is 4.72. The lowest BCUT2D eigenvalue weighted by Gasteiger charge is -2.25. The van der Waals surface area contributed by atoms with Gasteiger partial charge in [0.1, 0.15) is 5.57 Å². The van der Waals surface area contributed by atoms with Gasteiger partial charge in [-0.1, -0.05) is 18.2 Å². The highest BCUT2D eigenvalue weighted by Gasteiger charge is 2.24. The third-order valence-electron chi connectivity index (χ3n) is 3.04. The lowest BCUT2D eigenvalue weighted by Crippen LogP contribution is -2.39. The fraction of sp³-hybridized carbons (Fsp3) is 0.375. The van der Waals surface area contributed by atoms with E-state index in [1.54, 1.807) is 11.8 Å². The van der Waals surface area contributed by atoms with Gasteiger partial charge in [0, 0.05) is 24.5 Å². The van der Waals surface area contributed by atoms with Gasteiger partial charge in [-0.15, -0.1) is 0 Å². The lowest BCUT2D eigenvalue weighted by molar-refractivity contribution is -0.120. The van der Waals surface area contributed by atoms with Crippen LogP contribution < -0.4 is 10.6 Å². The summed E-state index contributed by atoms with van der Waals surface area (Å²) < 4.78 is 0. The molecular weight excluding hydrogens is 266 g/mol. The predicted octanol–water partition coefficient (Wildman–Crippen LogP) is 1.40. The molecule has 0 atom stereocenters. The van der Waals surface area contributed by atoms with Gasteiger partial charge in [0.25, 0.3) is 5.91 Å². The number of nitrogens with two attached hydrogens (primary N) is 1. The van der Waals surface area contributed by atoms with Crippen LogP contribution in [0, 0.1) is 0 Å². The molecule has 21 heavy (non-hydrogen) atoms. The number of rotatable bonds is 6. The molecule has 5 heteroatoms. The minimum Gasteiger partial charge on any atom is -0.402 e. The Hall–Kier alpha value is -2.14. The van der Waals surface area contributed by atoms with Gasteiger partial charge in [-0.25, -0.2) is 0 Å². The van der Waals surface area contributed by atoms with Crippen molar-refractivity contribution in [2.45, 2.75) is 13.8 Å². The number of anilines is 1. The van der Waals surface area contributed by atoms with E-state index >= 15 is 0 Å². The van der Waals surface area contributed by atoms with E-state index < -0.39 is 0 Å². The summed E-state index contributed by atoms with van der Waals surface area (Å²) >= 11 is 0. The Morgan fingerprint density at radius 2 is 1.62 bits per heavy atom. The second kappa shape index (κ2) is 7.59. The summed E-state index contributed by atoms with van der Waals surface area (Å²) in [6.07, 6.45) is 0. The summed E-state index contributed by atoms with van der Waals surface area (Å²) in [5, 5.41) is 0. The van der Waals surface area contributed by atoms with Crippen molar-refractivity contribution in [1.29, 1.82) is 0 Å². The summed E-state index contributed by atoms with van der Waals surface area (Å²) in [5.41, 5.74) is 6.77. The van der Waals surface area contributed by atoms with Crippen LogP contribution in [-0.2, 0) is 9.59 Å². The van der Waals surface area contributed by atoms with Crippen molar-refractivity contribution >= 4 is 17.4 Å². The molecule has 2 N–H and O–H groups in total. The van der Waals surface area contributed by atoms with Gasteiger partial charge in [0.15, 0.2) is 5.78 Å². The smallest absolute Gasteiger partial charge is 0.263 e. The molecule has 0 heterocycles. The summed E-state index contributed by atoms with van der Waals surface area (Å²) in [5.74, 6) is -0.665. The summed E-state index contributed by atoms with van der Waals surface area (Å²) in [7, 11) is 3.87. The van der Waals surface area contributed by atoms with Gasteiger partial charge in [0.2, 0.25) is 0 Å². The van der Waals surface area contributed by atoms with Crippen molar-refractivity contribution < 1.29 is 9.59 Å². The lowest BCUT2D eigenvalue weighted by atomic mass is 10.1. The van der Waals surface area contributed by atoms with Crippen molar-refractivity contribution in [2.24, 2.45) is 5.73 Å². The Balaban J connectivity index is 3.15. The fourth-order valence-corrected chi connectivity index (χ4v) is 1.99. The standard InChI is InChI=1S/C16H23N3O2/c1-12(17)15(13(2)20)16(21)19(11-10-18(3)4)14-8-6-5-7-9-14/h5-9H,10-11,17H2,1-4H3/b15-12-. The summed E-state index contributed by atoms with van der Waals surface area (Å²) in [6.45, 7) is 4.11. The second-order valence-corrected chi connectivity index (χ2v) is 5.21. The van der Waals surface area contributed by atoms with E-state index in [1.807, 2.05) is 49.3 Å². The average Bonchev–Trinajstić information content (AvgIpc) is 2.38. The Morgan fingerprint density at radius 3 is 2.05 bits per heavy atom. The number of nitrogens with zero attached hydrogens (tertiary/aromatic N) is 2. The first-order valence-electron chi connectivity index (χ1n) is 6.83. The van der Waals surface area contributed by atoms with Crippen molar-refractivity contribution in [3.63, 3.8) is 0 Å². The SMILES string of the molecule is CC(=O)/C(C(=O)N(CCN(C)C)c1ccccc1)=C(\C)N. The number of carbonyl (C=O) groups excluding carboxylic acids is 2. The number of benzene rings is 1. The number of allylic oxidation sites excluding steroid dienone is 1. The van der Waals surface area contributed by atoms with Gasteiger partial charge in [-0.05, 0) is 40.1 Å². The van der Waals surface area contributed by atoms with Crippen LogP contribution >= 0.6 is 0 Å². The molecule has 1 aromatic carbocycles. The van der Waals surface area contributed by atoms with Crippen LogP contribution in [0.3, 0.4) is 0 Å². The number of amides is 1. The van der Waals surface area contributed by atoms with Crippen molar-refractivity contribution in [3.8, 4) is 0 Å². The van der Waals surface area contributed by atoms with E-state index in [1.165, 1.54) is 6.92 Å². The normalized spacial score (nSPS) is 12.0. The molecule has 0 bridgehead atoms. The van der Waals surface area contributed by atoms with Gasteiger partial charge < -0.3 is 15.5 Å². The first-order chi connectivity index (χ1) is 9.84. The first-order valence-corrected chi connectivity index (χ1v) is 6.83. The maximum Gasteiger partial charge on any atom is 0.263 e. The van der Waals surface area contributed by atoms with E-state index in [9.17, 15) is 9.59 Å². The van der Waals surface area contributed by atoms with Crippen LogP contribution in [0.4, 0.5) is 5.69 Å². The number of hydrogen-bond donors (Lipinski definition) is 1. The highest BCUT2D eigenvalue weighted by atomic mass is 16.2. The molecule has 0 aliphatic heterocycles. The third-order valence-corrected chi connectivity index (χ3v) is 3.04. The number of hydrogen-bond acceptors (Lipinski definition) is 4. The Kier molecular flexibility index (Phi) is 6.11. The fourth-order valence-electron chi connectivity index (χ4n) is 1.99. The average molecular weight is 289 g/mol. The van der Waals surface area contributed by atoms with Crippen LogP contribution in [0.2, 0.25) is 0 Å². The van der Waals surface area contributed by atoms with Gasteiger partial charge >= 0.3 is 0 Å². The highest BCUT2D eigenvalue weighted by molar-refractivity contribution is 6.24. The number of likely N-dealkylation sites (N-methyl/N-ethyl adjacent to an activating group) is 1. The maximum absolute atomic E-state index is 12.7. The van der Waals surface area contributed by atoms with Crippen molar-refractivity contribution in [3.05, 3.63) is 41.6 Å². The van der Waals surface area contributed by atoms with Crippen LogP contribution in [0.25, 0.3) is 0 Å². The summed E-state index contributed by atoms with van der Waals surface area (Å²) in [4.78, 5) is 28.0. The molecule has 0 unspecified atom stereocenters. The molecule has 0 spiro atoms. The Morgan fingerprint density at radius 1 is 1.05 bits per heavy atom. The van der Waals surface area contributed by atoms with E-state index in [-0.39, 0.29) is 23.0 Å². The maximum atomic E-state index is 12.7. The molecule has 1 rings (SSSR count). The second-order valence-electron chi connectivity index (χ2n) is 5.21. The molecule has 1 aromatic rings. The van der Waals surface area contributed by atoms with Gasteiger partial charge in [-0.2, -0.15) is 0 Å². The van der Waals surface area contributed by atoms with Crippen LogP contribution in [-0.4, -0.2) is 43.8 Å². The molecule has 0 saturated carbocycles. The zero-order chi connectivity index (χ0) is 16.0. The molecule has 0 aromatic heterocycles. The molecule has 0 radical (unpaired) electrons. The van der Waals surface area contributed by atoms with Crippen LogP contribution in [0.15, 0.2) is 41.6 Å². The molecule has 0 saturated heterocycles. The van der Waals surface area contributed by atoms with Crippen molar-refractivity contribution in [1.82, 2.24) is 4.90 Å². The number of ketones is 1. The Labute approximate surface area is 126 Å². The molecule has 0 fully saturated rings. The Bertz CT molecular complexity index is 532. The molecule has 0 aliphatic rings. The number of para-hydroxylation sites is 1. The number of carbonyl (C=O) groups is 2. The zero-order valence-corrected chi connectivity index (χ0v) is 13.1. The molecule has 1 amide bonds. The van der Waals surface area contributed by atoms with E-state index in [0.717, 1.165) is 5.69 Å². The predicted molar refractivity (Wildman–Crippen MR) is 84.9 cm³/mol. The van der Waals surface area contributed by atoms with E-state index in [4.69, 9.17) is 5.73 Å². The van der Waals surface area contributed by atoms with Crippen LogP contribution in [0.1, 0.15) is 13.8 Å². The summed E-state index contributed by atoms with van der Waals surface area (Å²) in [6, 6.07) is 9.29. The first kappa shape index (κ1) is 16.9. The van der Waals surface area contributed by atoms with Crippen LogP contribution in [0.5, 0.6) is 0 Å². The van der Waals surface area contributed by atoms with Crippen molar-refractivity contribution in [2.75, 3.05) is 32.1 Å². The topological polar surface area (TPSA) is 66.6 Å². The van der Waals surface area contributed by atoms with E-state index in [0.29, 0.717) is 13.1 Å². The minimum absolute atomic E-state index is 0.0533. The quantitative estimate of drug-likeness (QED) is 0.488. The number of Topliss-reactive ketones (excluding diaryl/α,β-unsaturated/α-hetero) is 1. The van der Waals surface area contributed by atoms with Gasteiger partial charge in [0.05, 0.1) is 0 Å². The van der Waals surface area contributed by atoms with Gasteiger partial charge in [-0.3, -0.25) is 9.59 Å². The molecule has 5 nitrogen and oxygen atoms in total. The molecule has 0 aliphatic carbocycles.